The quantitative estimate of drug-likeness (QED) is 0.694. The number of nitrogens with zero attached hydrogens (tertiary/aromatic N) is 2. The van der Waals surface area contributed by atoms with Crippen LogP contribution < -0.4 is 9.46 Å². The van der Waals surface area contributed by atoms with Crippen LogP contribution in [-0.4, -0.2) is 23.6 Å². The minimum absolute atomic E-state index is 0.105. The Morgan fingerprint density at radius 2 is 2.00 bits per heavy atom. The summed E-state index contributed by atoms with van der Waals surface area (Å²) in [6, 6.07) is 9.88. The van der Waals surface area contributed by atoms with E-state index in [1.54, 1.807) is 54.3 Å². The van der Waals surface area contributed by atoms with Gasteiger partial charge in [0.1, 0.15) is 29.0 Å². The van der Waals surface area contributed by atoms with Gasteiger partial charge in [-0.15, -0.1) is 0 Å². The molecule has 0 spiro atoms. The molecule has 0 aliphatic carbocycles. The normalized spacial score (nSPS) is 16.3. The van der Waals surface area contributed by atoms with Gasteiger partial charge in [0.2, 0.25) is 10.0 Å². The molecular weight excluding hydrogens is 393 g/mol. The summed E-state index contributed by atoms with van der Waals surface area (Å²) in [6.45, 7) is 3.91. The lowest BCUT2D eigenvalue weighted by molar-refractivity contribution is 0.138. The molecule has 0 saturated carbocycles. The summed E-state index contributed by atoms with van der Waals surface area (Å²) in [5.74, 6) is 0.570. The van der Waals surface area contributed by atoms with Gasteiger partial charge in [0.05, 0.1) is 4.90 Å². The molecule has 2 aromatic carbocycles. The highest BCUT2D eigenvalue weighted by molar-refractivity contribution is 7.89. The molecule has 29 heavy (non-hydrogen) atoms. The minimum Gasteiger partial charge on any atom is -0.487 e. The molecule has 2 heterocycles. The van der Waals surface area contributed by atoms with Crippen LogP contribution in [-0.2, 0) is 23.5 Å². The number of hydrogen-bond donors (Lipinski definition) is 1. The monoisotopic (exact) mass is 415 g/mol. The second-order valence-electron chi connectivity index (χ2n) is 7.78. The van der Waals surface area contributed by atoms with Crippen molar-refractivity contribution in [3.8, 4) is 5.75 Å². The third-order valence-corrected chi connectivity index (χ3v) is 6.37. The first-order valence-corrected chi connectivity index (χ1v) is 10.7. The lowest BCUT2D eigenvalue weighted by Gasteiger charge is -2.20. The Bertz CT molecular complexity index is 1170. The Hall–Kier alpha value is -2.71. The van der Waals surface area contributed by atoms with Gasteiger partial charge in [0.25, 0.3) is 0 Å². The van der Waals surface area contributed by atoms with Crippen molar-refractivity contribution in [3.63, 3.8) is 0 Å². The fourth-order valence-electron chi connectivity index (χ4n) is 3.60. The molecule has 0 bridgehead atoms. The molecule has 0 saturated heterocycles. The summed E-state index contributed by atoms with van der Waals surface area (Å²) in [5, 5.41) is 0. The molecule has 3 aromatic rings. The Morgan fingerprint density at radius 3 is 2.69 bits per heavy atom. The van der Waals surface area contributed by atoms with Gasteiger partial charge in [0.15, 0.2) is 0 Å². The fraction of sp³-hybridized carbons (Fsp3) is 0.286. The van der Waals surface area contributed by atoms with Crippen molar-refractivity contribution in [1.29, 1.82) is 0 Å². The molecule has 1 aliphatic rings. The van der Waals surface area contributed by atoms with E-state index >= 15 is 0 Å². The summed E-state index contributed by atoms with van der Waals surface area (Å²) >= 11 is 0. The molecule has 1 atom stereocenters. The van der Waals surface area contributed by atoms with Crippen molar-refractivity contribution in [2.24, 2.45) is 7.05 Å². The van der Waals surface area contributed by atoms with Crippen LogP contribution >= 0.6 is 0 Å². The van der Waals surface area contributed by atoms with Crippen molar-refractivity contribution >= 4 is 10.0 Å². The largest absolute Gasteiger partial charge is 0.487 e. The molecular formula is C21H22FN3O3S. The number of imidazole rings is 1. The van der Waals surface area contributed by atoms with Crippen LogP contribution in [0.3, 0.4) is 0 Å². The predicted octanol–water partition coefficient (Wildman–Crippen LogP) is 3.34. The highest BCUT2D eigenvalue weighted by atomic mass is 32.2. The van der Waals surface area contributed by atoms with Crippen molar-refractivity contribution < 1.29 is 17.5 Å². The van der Waals surface area contributed by atoms with E-state index in [0.29, 0.717) is 18.0 Å². The molecule has 1 aromatic heterocycles. The number of benzene rings is 2. The number of aryl methyl sites for hydroxylation is 1. The van der Waals surface area contributed by atoms with Gasteiger partial charge in [0, 0.05) is 31.4 Å². The summed E-state index contributed by atoms with van der Waals surface area (Å²) in [6.07, 6.45) is 3.85. The van der Waals surface area contributed by atoms with E-state index in [-0.39, 0.29) is 16.1 Å². The second kappa shape index (κ2) is 6.96. The summed E-state index contributed by atoms with van der Waals surface area (Å²) < 4.78 is 51.0. The molecule has 1 N–H and O–H groups in total. The first-order chi connectivity index (χ1) is 13.7. The highest BCUT2D eigenvalue weighted by Crippen LogP contribution is 2.36. The average molecular weight is 415 g/mol. The first kappa shape index (κ1) is 19.6. The number of ether oxygens (including phenoxy) is 1. The fourth-order valence-corrected chi connectivity index (χ4v) is 4.82. The van der Waals surface area contributed by atoms with E-state index in [4.69, 9.17) is 4.74 Å². The van der Waals surface area contributed by atoms with Gasteiger partial charge in [-0.25, -0.2) is 17.8 Å². The van der Waals surface area contributed by atoms with Gasteiger partial charge in [-0.05, 0) is 43.7 Å². The Kier molecular flexibility index (Phi) is 4.71. The van der Waals surface area contributed by atoms with Gasteiger partial charge in [-0.3, -0.25) is 0 Å². The van der Waals surface area contributed by atoms with Crippen LogP contribution in [0.2, 0.25) is 0 Å². The third kappa shape index (κ3) is 3.77. The predicted molar refractivity (Wildman–Crippen MR) is 107 cm³/mol. The van der Waals surface area contributed by atoms with Crippen LogP contribution in [0.15, 0.2) is 59.8 Å². The maximum absolute atomic E-state index is 14.5. The smallest absolute Gasteiger partial charge is 0.241 e. The molecule has 0 radical (unpaired) electrons. The molecule has 0 fully saturated rings. The van der Waals surface area contributed by atoms with Gasteiger partial charge in [-0.2, -0.15) is 4.72 Å². The standard InChI is InChI=1S/C21H22FN3O3S/c1-21(2)13-14-12-15(8-9-18(14)28-21)29(26,27)24-19(20-23-10-11-25(20)3)16-6-4-5-7-17(16)22/h4-12,19,24H,13H2,1-3H3. The van der Waals surface area contributed by atoms with Crippen LogP contribution in [0.1, 0.15) is 36.8 Å². The number of hydrogen-bond acceptors (Lipinski definition) is 4. The number of halogens is 1. The Balaban J connectivity index is 1.73. The van der Waals surface area contributed by atoms with Crippen LogP contribution in [0.25, 0.3) is 0 Å². The van der Waals surface area contributed by atoms with Crippen molar-refractivity contribution in [2.45, 2.75) is 36.8 Å². The maximum Gasteiger partial charge on any atom is 0.241 e. The zero-order valence-corrected chi connectivity index (χ0v) is 17.2. The topological polar surface area (TPSA) is 73.2 Å². The number of sulfonamides is 1. The molecule has 4 rings (SSSR count). The zero-order valence-electron chi connectivity index (χ0n) is 16.4. The zero-order chi connectivity index (χ0) is 20.8. The second-order valence-corrected chi connectivity index (χ2v) is 9.49. The Morgan fingerprint density at radius 1 is 1.24 bits per heavy atom. The molecule has 152 valence electrons. The minimum atomic E-state index is -3.95. The Labute approximate surface area is 169 Å². The van der Waals surface area contributed by atoms with Gasteiger partial charge < -0.3 is 9.30 Å². The molecule has 1 unspecified atom stereocenters. The summed E-state index contributed by atoms with van der Waals surface area (Å²) in [4.78, 5) is 4.34. The lowest BCUT2D eigenvalue weighted by atomic mass is 10.0. The van der Waals surface area contributed by atoms with Crippen LogP contribution in [0.5, 0.6) is 5.75 Å². The van der Waals surface area contributed by atoms with E-state index in [9.17, 15) is 12.8 Å². The summed E-state index contributed by atoms with van der Waals surface area (Å²) in [7, 11) is -2.22. The first-order valence-electron chi connectivity index (χ1n) is 9.22. The van der Waals surface area contributed by atoms with E-state index in [0.717, 1.165) is 5.56 Å². The van der Waals surface area contributed by atoms with E-state index in [2.05, 4.69) is 9.71 Å². The van der Waals surface area contributed by atoms with Crippen molar-refractivity contribution in [3.05, 3.63) is 77.6 Å². The van der Waals surface area contributed by atoms with E-state index in [1.807, 2.05) is 13.8 Å². The molecule has 8 heteroatoms. The van der Waals surface area contributed by atoms with Gasteiger partial charge >= 0.3 is 0 Å². The number of nitrogens with one attached hydrogen (secondary N) is 1. The number of rotatable bonds is 5. The van der Waals surface area contributed by atoms with Crippen LogP contribution in [0.4, 0.5) is 4.39 Å². The number of fused-ring (bicyclic) bond motifs is 1. The van der Waals surface area contributed by atoms with Gasteiger partial charge in [-0.1, -0.05) is 18.2 Å². The van der Waals surface area contributed by atoms with E-state index < -0.39 is 21.9 Å². The van der Waals surface area contributed by atoms with E-state index in [1.165, 1.54) is 12.1 Å². The molecule has 6 nitrogen and oxygen atoms in total. The highest BCUT2D eigenvalue weighted by Gasteiger charge is 2.32. The molecule has 1 aliphatic heterocycles. The van der Waals surface area contributed by atoms with Crippen molar-refractivity contribution in [2.75, 3.05) is 0 Å². The lowest BCUT2D eigenvalue weighted by Crippen LogP contribution is -2.31. The van der Waals surface area contributed by atoms with Crippen LogP contribution in [0, 0.1) is 5.82 Å². The SMILES string of the molecule is Cn1ccnc1C(NS(=O)(=O)c1ccc2c(c1)CC(C)(C)O2)c1ccccc1F. The number of aromatic nitrogens is 2. The average Bonchev–Trinajstić information content (AvgIpc) is 3.20. The third-order valence-electron chi connectivity index (χ3n) is 4.95. The molecule has 0 amide bonds. The maximum atomic E-state index is 14.5. The summed E-state index contributed by atoms with van der Waals surface area (Å²) in [5.41, 5.74) is 0.661. The van der Waals surface area contributed by atoms with Crippen molar-refractivity contribution in [1.82, 2.24) is 14.3 Å².